The van der Waals surface area contributed by atoms with Crippen molar-refractivity contribution in [2.45, 2.75) is 6.04 Å². The van der Waals surface area contributed by atoms with E-state index < -0.39 is 0 Å². The fourth-order valence-electron chi connectivity index (χ4n) is 1.48. The molecule has 1 atom stereocenters. The van der Waals surface area contributed by atoms with Gasteiger partial charge in [-0.25, -0.2) is 4.98 Å². The Labute approximate surface area is 103 Å². The van der Waals surface area contributed by atoms with Gasteiger partial charge in [-0.15, -0.1) is 11.3 Å². The molecule has 5 heteroatoms. The molecule has 0 saturated carbocycles. The standard InChI is InChI=1S/C11H11ClN2OS/c1-15-10-3-2-7(12)4-8(10)11(13)9-5-16-6-14-9/h2-6,11H,13H2,1H3. The first kappa shape index (κ1) is 11.4. The van der Waals surface area contributed by atoms with Crippen molar-refractivity contribution in [3.05, 3.63) is 45.4 Å². The van der Waals surface area contributed by atoms with Crippen molar-refractivity contribution in [1.29, 1.82) is 0 Å². The molecule has 0 radical (unpaired) electrons. The summed E-state index contributed by atoms with van der Waals surface area (Å²) in [5.41, 5.74) is 9.54. The topological polar surface area (TPSA) is 48.1 Å². The average Bonchev–Trinajstić information content (AvgIpc) is 2.81. The van der Waals surface area contributed by atoms with Crippen LogP contribution in [0.2, 0.25) is 5.02 Å². The van der Waals surface area contributed by atoms with Crippen LogP contribution >= 0.6 is 22.9 Å². The monoisotopic (exact) mass is 254 g/mol. The van der Waals surface area contributed by atoms with Gasteiger partial charge < -0.3 is 10.5 Å². The van der Waals surface area contributed by atoms with E-state index in [-0.39, 0.29) is 6.04 Å². The van der Waals surface area contributed by atoms with Gasteiger partial charge in [0.05, 0.1) is 24.4 Å². The van der Waals surface area contributed by atoms with Gasteiger partial charge in [0.25, 0.3) is 0 Å². The van der Waals surface area contributed by atoms with Crippen LogP contribution in [-0.4, -0.2) is 12.1 Å². The number of hydrogen-bond acceptors (Lipinski definition) is 4. The highest BCUT2D eigenvalue weighted by Crippen LogP contribution is 2.30. The van der Waals surface area contributed by atoms with Gasteiger partial charge in [0, 0.05) is 16.0 Å². The van der Waals surface area contributed by atoms with Crippen molar-refractivity contribution in [2.75, 3.05) is 7.11 Å². The molecule has 0 spiro atoms. The van der Waals surface area contributed by atoms with Crippen LogP contribution in [0.4, 0.5) is 0 Å². The van der Waals surface area contributed by atoms with E-state index in [1.54, 1.807) is 18.7 Å². The molecule has 3 nitrogen and oxygen atoms in total. The SMILES string of the molecule is COc1ccc(Cl)cc1C(N)c1cscn1. The first-order valence-corrected chi connectivity index (χ1v) is 6.01. The van der Waals surface area contributed by atoms with Crippen molar-refractivity contribution in [3.8, 4) is 5.75 Å². The van der Waals surface area contributed by atoms with Gasteiger partial charge in [-0.2, -0.15) is 0 Å². The second-order valence-corrected chi connectivity index (χ2v) is 4.43. The van der Waals surface area contributed by atoms with Crippen LogP contribution in [0.15, 0.2) is 29.1 Å². The normalized spacial score (nSPS) is 12.4. The Hall–Kier alpha value is -1.10. The summed E-state index contributed by atoms with van der Waals surface area (Å²) in [4.78, 5) is 4.19. The molecule has 0 saturated heterocycles. The molecule has 0 aliphatic carbocycles. The molecule has 1 heterocycles. The van der Waals surface area contributed by atoms with Crippen molar-refractivity contribution in [2.24, 2.45) is 5.73 Å². The molecule has 1 unspecified atom stereocenters. The molecule has 1 aromatic carbocycles. The maximum absolute atomic E-state index is 6.11. The lowest BCUT2D eigenvalue weighted by molar-refractivity contribution is 0.407. The van der Waals surface area contributed by atoms with Crippen molar-refractivity contribution < 1.29 is 4.74 Å². The zero-order valence-electron chi connectivity index (χ0n) is 8.68. The molecule has 0 fully saturated rings. The second-order valence-electron chi connectivity index (χ2n) is 3.28. The Morgan fingerprint density at radius 2 is 2.31 bits per heavy atom. The maximum atomic E-state index is 6.11. The molecular formula is C11H11ClN2OS. The Balaban J connectivity index is 2.42. The number of nitrogens with zero attached hydrogens (tertiary/aromatic N) is 1. The number of rotatable bonds is 3. The van der Waals surface area contributed by atoms with Crippen molar-refractivity contribution >= 4 is 22.9 Å². The van der Waals surface area contributed by atoms with Gasteiger partial charge in [0.2, 0.25) is 0 Å². The zero-order chi connectivity index (χ0) is 11.5. The van der Waals surface area contributed by atoms with Crippen LogP contribution in [0, 0.1) is 0 Å². The number of benzene rings is 1. The van der Waals surface area contributed by atoms with Crippen LogP contribution in [0.5, 0.6) is 5.75 Å². The second kappa shape index (κ2) is 4.82. The number of ether oxygens (including phenoxy) is 1. The van der Waals surface area contributed by atoms with Crippen LogP contribution < -0.4 is 10.5 Å². The van der Waals surface area contributed by atoms with E-state index in [0.29, 0.717) is 5.02 Å². The minimum Gasteiger partial charge on any atom is -0.496 e. The third-order valence-corrected chi connectivity index (χ3v) is 3.14. The van der Waals surface area contributed by atoms with Crippen molar-refractivity contribution in [3.63, 3.8) is 0 Å². The third kappa shape index (κ3) is 2.19. The van der Waals surface area contributed by atoms with Gasteiger partial charge in [0.1, 0.15) is 5.75 Å². The number of halogens is 1. The van der Waals surface area contributed by atoms with Gasteiger partial charge in [-0.05, 0) is 18.2 Å². The molecule has 0 aliphatic heterocycles. The summed E-state index contributed by atoms with van der Waals surface area (Å²) >= 11 is 7.47. The number of methoxy groups -OCH3 is 1. The summed E-state index contributed by atoms with van der Waals surface area (Å²) < 4.78 is 5.26. The fourth-order valence-corrected chi connectivity index (χ4v) is 2.25. The minimum atomic E-state index is -0.306. The summed E-state index contributed by atoms with van der Waals surface area (Å²) in [5, 5.41) is 2.56. The van der Waals surface area contributed by atoms with Gasteiger partial charge in [-0.1, -0.05) is 11.6 Å². The third-order valence-electron chi connectivity index (χ3n) is 2.30. The van der Waals surface area contributed by atoms with Crippen LogP contribution in [0.1, 0.15) is 17.3 Å². The maximum Gasteiger partial charge on any atom is 0.124 e. The predicted molar refractivity (Wildman–Crippen MR) is 66.1 cm³/mol. The van der Waals surface area contributed by atoms with E-state index in [9.17, 15) is 0 Å². The van der Waals surface area contributed by atoms with Crippen LogP contribution in [-0.2, 0) is 0 Å². The predicted octanol–water partition coefficient (Wildman–Crippen LogP) is 2.85. The van der Waals surface area contributed by atoms with E-state index in [2.05, 4.69) is 4.98 Å². The first-order valence-electron chi connectivity index (χ1n) is 4.69. The molecule has 0 aliphatic rings. The van der Waals surface area contributed by atoms with E-state index >= 15 is 0 Å². The summed E-state index contributed by atoms with van der Waals surface area (Å²) in [6.07, 6.45) is 0. The Kier molecular flexibility index (Phi) is 3.43. The van der Waals surface area contributed by atoms with Gasteiger partial charge >= 0.3 is 0 Å². The van der Waals surface area contributed by atoms with Crippen LogP contribution in [0.25, 0.3) is 0 Å². The number of hydrogen-bond donors (Lipinski definition) is 1. The molecule has 16 heavy (non-hydrogen) atoms. The van der Waals surface area contributed by atoms with E-state index in [1.807, 2.05) is 17.5 Å². The Morgan fingerprint density at radius 1 is 1.50 bits per heavy atom. The molecule has 84 valence electrons. The average molecular weight is 255 g/mol. The largest absolute Gasteiger partial charge is 0.496 e. The highest BCUT2D eigenvalue weighted by Gasteiger charge is 2.15. The quantitative estimate of drug-likeness (QED) is 0.916. The van der Waals surface area contributed by atoms with Crippen LogP contribution in [0.3, 0.4) is 0 Å². The molecule has 0 amide bonds. The van der Waals surface area contributed by atoms with E-state index in [0.717, 1.165) is 17.0 Å². The summed E-state index contributed by atoms with van der Waals surface area (Å²) in [7, 11) is 1.61. The summed E-state index contributed by atoms with van der Waals surface area (Å²) in [5.74, 6) is 0.727. The van der Waals surface area contributed by atoms with Gasteiger partial charge in [0.15, 0.2) is 0 Å². The zero-order valence-corrected chi connectivity index (χ0v) is 10.3. The van der Waals surface area contributed by atoms with E-state index in [4.69, 9.17) is 22.1 Å². The summed E-state index contributed by atoms with van der Waals surface area (Å²) in [6, 6.07) is 5.09. The fraction of sp³-hybridized carbons (Fsp3) is 0.182. The number of thiazole rings is 1. The highest BCUT2D eigenvalue weighted by molar-refractivity contribution is 7.07. The molecule has 1 aromatic heterocycles. The molecule has 2 aromatic rings. The van der Waals surface area contributed by atoms with Gasteiger partial charge in [-0.3, -0.25) is 0 Å². The highest BCUT2D eigenvalue weighted by atomic mass is 35.5. The van der Waals surface area contributed by atoms with E-state index in [1.165, 1.54) is 11.3 Å². The minimum absolute atomic E-state index is 0.306. The summed E-state index contributed by atoms with van der Waals surface area (Å²) in [6.45, 7) is 0. The molecular weight excluding hydrogens is 244 g/mol. The smallest absolute Gasteiger partial charge is 0.124 e. The lowest BCUT2D eigenvalue weighted by atomic mass is 10.0. The Bertz CT molecular complexity index is 473. The first-order chi connectivity index (χ1) is 7.72. The van der Waals surface area contributed by atoms with Crippen molar-refractivity contribution in [1.82, 2.24) is 4.98 Å². The molecule has 2 rings (SSSR count). The lowest BCUT2D eigenvalue weighted by Crippen LogP contribution is -2.13. The lowest BCUT2D eigenvalue weighted by Gasteiger charge is -2.14. The molecule has 2 N–H and O–H groups in total. The number of nitrogens with two attached hydrogens (primary N) is 1. The molecule has 0 bridgehead atoms. The number of aromatic nitrogens is 1. The Morgan fingerprint density at radius 3 is 2.94 bits per heavy atom.